The van der Waals surface area contributed by atoms with E-state index in [0.29, 0.717) is 12.4 Å². The number of hydrogen-bond donors (Lipinski definition) is 1. The number of amides is 1. The minimum Gasteiger partial charge on any atom is -0.333 e. The highest BCUT2D eigenvalue weighted by Gasteiger charge is 2.24. The predicted molar refractivity (Wildman–Crippen MR) is 54.9 cm³/mol. The van der Waals surface area contributed by atoms with Crippen LogP contribution in [0.4, 0.5) is 0 Å². The minimum atomic E-state index is -0.0949. The van der Waals surface area contributed by atoms with Crippen molar-refractivity contribution in [3.05, 3.63) is 24.3 Å². The maximum Gasteiger partial charge on any atom is 0.239 e. The number of nitrogens with zero attached hydrogens (tertiary/aromatic N) is 3. The molecule has 0 saturated carbocycles. The van der Waals surface area contributed by atoms with Crippen LogP contribution < -0.4 is 5.32 Å². The Labute approximate surface area is 88.5 Å². The second-order valence-corrected chi connectivity index (χ2v) is 3.60. The Morgan fingerprint density at radius 1 is 1.53 bits per heavy atom. The third-order valence-electron chi connectivity index (χ3n) is 2.47. The third kappa shape index (κ3) is 2.30. The Bertz CT molecular complexity index is 341. The van der Waals surface area contributed by atoms with Gasteiger partial charge in [-0.1, -0.05) is 0 Å². The normalized spacial score (nSPS) is 21.8. The summed E-state index contributed by atoms with van der Waals surface area (Å²) in [6, 6.07) is 1.67. The molecule has 1 unspecified atom stereocenters. The summed E-state index contributed by atoms with van der Waals surface area (Å²) < 4.78 is 0. The van der Waals surface area contributed by atoms with Gasteiger partial charge >= 0.3 is 0 Å². The van der Waals surface area contributed by atoms with Gasteiger partial charge in [0.2, 0.25) is 5.91 Å². The predicted octanol–water partition coefficient (Wildman–Crippen LogP) is -0.203. The molecule has 1 aromatic rings. The second-order valence-electron chi connectivity index (χ2n) is 3.60. The van der Waals surface area contributed by atoms with E-state index >= 15 is 0 Å². The largest absolute Gasteiger partial charge is 0.333 e. The van der Waals surface area contributed by atoms with Crippen LogP contribution >= 0.6 is 0 Å². The quantitative estimate of drug-likeness (QED) is 0.728. The standard InChI is InChI=1S/C10H14N4O/c1-8-10(15)14(6-5-11-8)7-9-12-3-2-4-13-9/h2-4,8,11H,5-7H2,1H3. The minimum absolute atomic E-state index is 0.0949. The molecule has 2 heterocycles. The van der Waals surface area contributed by atoms with Crippen molar-refractivity contribution < 1.29 is 4.79 Å². The fourth-order valence-corrected chi connectivity index (χ4v) is 1.63. The molecule has 1 amide bonds. The maximum atomic E-state index is 11.7. The average molecular weight is 206 g/mol. The highest BCUT2D eigenvalue weighted by atomic mass is 16.2. The summed E-state index contributed by atoms with van der Waals surface area (Å²) in [6.07, 6.45) is 3.39. The molecule has 1 aliphatic heterocycles. The molecule has 1 atom stereocenters. The van der Waals surface area contributed by atoms with Gasteiger partial charge in [-0.3, -0.25) is 4.79 Å². The van der Waals surface area contributed by atoms with Gasteiger partial charge in [0, 0.05) is 25.5 Å². The average Bonchev–Trinajstić information content (AvgIpc) is 2.26. The van der Waals surface area contributed by atoms with Crippen molar-refractivity contribution in [2.24, 2.45) is 0 Å². The zero-order valence-corrected chi connectivity index (χ0v) is 8.68. The summed E-state index contributed by atoms with van der Waals surface area (Å²) >= 11 is 0. The molecular weight excluding hydrogens is 192 g/mol. The molecule has 2 rings (SSSR count). The first-order valence-electron chi connectivity index (χ1n) is 5.05. The smallest absolute Gasteiger partial charge is 0.239 e. The van der Waals surface area contributed by atoms with E-state index in [1.807, 2.05) is 6.92 Å². The zero-order valence-electron chi connectivity index (χ0n) is 8.68. The van der Waals surface area contributed by atoms with Gasteiger partial charge < -0.3 is 10.2 Å². The Morgan fingerprint density at radius 2 is 2.27 bits per heavy atom. The number of piperazine rings is 1. The van der Waals surface area contributed by atoms with Gasteiger partial charge in [0.15, 0.2) is 0 Å². The summed E-state index contributed by atoms with van der Waals surface area (Å²) in [6.45, 7) is 3.94. The molecule has 1 N–H and O–H groups in total. The van der Waals surface area contributed by atoms with Crippen LogP contribution in [0.3, 0.4) is 0 Å². The van der Waals surface area contributed by atoms with E-state index in [1.54, 1.807) is 23.4 Å². The summed E-state index contributed by atoms with van der Waals surface area (Å²) in [5.41, 5.74) is 0. The molecule has 1 aromatic heterocycles. The van der Waals surface area contributed by atoms with Crippen LogP contribution in [0.2, 0.25) is 0 Å². The van der Waals surface area contributed by atoms with Crippen LogP contribution in [0.25, 0.3) is 0 Å². The number of nitrogens with one attached hydrogen (secondary N) is 1. The van der Waals surface area contributed by atoms with Crippen molar-refractivity contribution in [3.8, 4) is 0 Å². The van der Waals surface area contributed by atoms with Gasteiger partial charge in [0.05, 0.1) is 12.6 Å². The van der Waals surface area contributed by atoms with Crippen molar-refractivity contribution in [1.82, 2.24) is 20.2 Å². The second kappa shape index (κ2) is 4.35. The van der Waals surface area contributed by atoms with Crippen LogP contribution in [0, 0.1) is 0 Å². The number of carbonyl (C=O) groups is 1. The van der Waals surface area contributed by atoms with Gasteiger partial charge in [-0.25, -0.2) is 9.97 Å². The molecule has 0 radical (unpaired) electrons. The molecule has 1 saturated heterocycles. The molecule has 0 aliphatic carbocycles. The van der Waals surface area contributed by atoms with Crippen LogP contribution in [-0.2, 0) is 11.3 Å². The van der Waals surface area contributed by atoms with Crippen molar-refractivity contribution in [3.63, 3.8) is 0 Å². The van der Waals surface area contributed by atoms with Gasteiger partial charge in [-0.05, 0) is 13.0 Å². The topological polar surface area (TPSA) is 58.1 Å². The van der Waals surface area contributed by atoms with Crippen LogP contribution in [0.1, 0.15) is 12.7 Å². The lowest BCUT2D eigenvalue weighted by Crippen LogP contribution is -2.53. The highest BCUT2D eigenvalue weighted by Crippen LogP contribution is 2.04. The van der Waals surface area contributed by atoms with Crippen molar-refractivity contribution in [2.75, 3.05) is 13.1 Å². The lowest BCUT2D eigenvalue weighted by molar-refractivity contribution is -0.135. The molecule has 5 heteroatoms. The highest BCUT2D eigenvalue weighted by molar-refractivity contribution is 5.82. The Hall–Kier alpha value is -1.49. The number of carbonyl (C=O) groups excluding carboxylic acids is 1. The van der Waals surface area contributed by atoms with E-state index in [9.17, 15) is 4.79 Å². The molecule has 0 spiro atoms. The van der Waals surface area contributed by atoms with Crippen LogP contribution in [0.15, 0.2) is 18.5 Å². The van der Waals surface area contributed by atoms with Gasteiger partial charge in [0.25, 0.3) is 0 Å². The maximum absolute atomic E-state index is 11.7. The molecular formula is C10H14N4O. The summed E-state index contributed by atoms with van der Waals surface area (Å²) in [5, 5.41) is 3.12. The third-order valence-corrected chi connectivity index (χ3v) is 2.47. The van der Waals surface area contributed by atoms with E-state index in [4.69, 9.17) is 0 Å². The van der Waals surface area contributed by atoms with E-state index < -0.39 is 0 Å². The molecule has 80 valence electrons. The summed E-state index contributed by atoms with van der Waals surface area (Å²) in [4.78, 5) is 21.7. The van der Waals surface area contributed by atoms with Crippen molar-refractivity contribution in [1.29, 1.82) is 0 Å². The van der Waals surface area contributed by atoms with Crippen LogP contribution in [-0.4, -0.2) is 39.9 Å². The lowest BCUT2D eigenvalue weighted by Gasteiger charge is -2.30. The van der Waals surface area contributed by atoms with Crippen LogP contribution in [0.5, 0.6) is 0 Å². The summed E-state index contributed by atoms with van der Waals surface area (Å²) in [7, 11) is 0. The van der Waals surface area contributed by atoms with E-state index in [2.05, 4.69) is 15.3 Å². The molecule has 5 nitrogen and oxygen atoms in total. The number of rotatable bonds is 2. The Kier molecular flexibility index (Phi) is 2.91. The fraction of sp³-hybridized carbons (Fsp3) is 0.500. The number of hydrogen-bond acceptors (Lipinski definition) is 4. The monoisotopic (exact) mass is 206 g/mol. The number of aromatic nitrogens is 2. The first kappa shape index (κ1) is 10.0. The molecule has 0 aromatic carbocycles. The molecule has 1 fully saturated rings. The van der Waals surface area contributed by atoms with E-state index in [0.717, 1.165) is 13.1 Å². The van der Waals surface area contributed by atoms with Gasteiger partial charge in [-0.2, -0.15) is 0 Å². The van der Waals surface area contributed by atoms with Gasteiger partial charge in [0.1, 0.15) is 5.82 Å². The van der Waals surface area contributed by atoms with Gasteiger partial charge in [-0.15, -0.1) is 0 Å². The van der Waals surface area contributed by atoms with E-state index in [-0.39, 0.29) is 11.9 Å². The zero-order chi connectivity index (χ0) is 10.7. The summed E-state index contributed by atoms with van der Waals surface area (Å²) in [5.74, 6) is 0.814. The Morgan fingerprint density at radius 3 is 3.00 bits per heavy atom. The molecule has 0 bridgehead atoms. The SMILES string of the molecule is CC1NCCN(Cc2ncccn2)C1=O. The first-order chi connectivity index (χ1) is 7.27. The Balaban J connectivity index is 2.03. The lowest BCUT2D eigenvalue weighted by atomic mass is 10.2. The van der Waals surface area contributed by atoms with Crippen molar-refractivity contribution in [2.45, 2.75) is 19.5 Å². The fourth-order valence-electron chi connectivity index (χ4n) is 1.63. The van der Waals surface area contributed by atoms with Crippen molar-refractivity contribution >= 4 is 5.91 Å². The molecule has 1 aliphatic rings. The van der Waals surface area contributed by atoms with E-state index in [1.165, 1.54) is 0 Å². The first-order valence-corrected chi connectivity index (χ1v) is 5.05. The molecule has 15 heavy (non-hydrogen) atoms.